The van der Waals surface area contributed by atoms with Gasteiger partial charge < -0.3 is 10.6 Å². The number of hydrogen-bond acceptors (Lipinski definition) is 6. The zero-order valence-corrected chi connectivity index (χ0v) is 12.7. The van der Waals surface area contributed by atoms with Gasteiger partial charge in [-0.3, -0.25) is 4.79 Å². The molecule has 3 rings (SSSR count). The second kappa shape index (κ2) is 6.68. The molecule has 0 saturated heterocycles. The smallest absolute Gasteiger partial charge is 0.266 e. The highest BCUT2D eigenvalue weighted by Crippen LogP contribution is 2.19. The molecule has 0 saturated carbocycles. The first-order valence-corrected chi connectivity index (χ1v) is 7.59. The number of rotatable bonds is 4. The number of thiophene rings is 1. The zero-order chi connectivity index (χ0) is 16.1. The maximum atomic E-state index is 11.9. The summed E-state index contributed by atoms with van der Waals surface area (Å²) in [5.74, 6) is 0.633. The van der Waals surface area contributed by atoms with Crippen molar-refractivity contribution in [2.24, 2.45) is 0 Å². The first-order chi connectivity index (χ1) is 11.3. The average Bonchev–Trinajstić information content (AvgIpc) is 3.12. The van der Waals surface area contributed by atoms with Crippen molar-refractivity contribution in [3.05, 3.63) is 64.4 Å². The van der Waals surface area contributed by atoms with Crippen LogP contribution >= 0.6 is 11.3 Å². The number of hydrogen-bond donors (Lipinski definition) is 2. The van der Waals surface area contributed by atoms with E-state index >= 15 is 0 Å². The van der Waals surface area contributed by atoms with E-state index in [1.807, 2.05) is 17.5 Å². The Hall–Kier alpha value is -3.24. The van der Waals surface area contributed by atoms with E-state index < -0.39 is 0 Å². The fourth-order valence-corrected chi connectivity index (χ4v) is 2.50. The molecular weight excluding hydrogens is 310 g/mol. The predicted octanol–water partition coefficient (Wildman–Crippen LogP) is 3.41. The molecule has 0 aliphatic heterocycles. The lowest BCUT2D eigenvalue weighted by Gasteiger charge is -2.07. The zero-order valence-electron chi connectivity index (χ0n) is 11.9. The van der Waals surface area contributed by atoms with Gasteiger partial charge in [0.2, 0.25) is 0 Å². The normalized spacial score (nSPS) is 9.87. The van der Waals surface area contributed by atoms with Crippen LogP contribution in [-0.4, -0.2) is 16.1 Å². The number of benzene rings is 1. The van der Waals surface area contributed by atoms with Crippen molar-refractivity contribution in [2.75, 3.05) is 10.6 Å². The Morgan fingerprint density at radius 1 is 1.04 bits per heavy atom. The van der Waals surface area contributed by atoms with Crippen molar-refractivity contribution in [2.45, 2.75) is 0 Å². The summed E-state index contributed by atoms with van der Waals surface area (Å²) in [6.07, 6.45) is 0. The number of carbonyl (C=O) groups is 1. The minimum atomic E-state index is -0.218. The number of nitriles is 1. The van der Waals surface area contributed by atoms with E-state index in [0.29, 0.717) is 27.8 Å². The van der Waals surface area contributed by atoms with Crippen LogP contribution in [0.1, 0.15) is 15.2 Å². The van der Waals surface area contributed by atoms with Gasteiger partial charge >= 0.3 is 0 Å². The van der Waals surface area contributed by atoms with Crippen LogP contribution in [0, 0.1) is 11.3 Å². The van der Waals surface area contributed by atoms with Crippen molar-refractivity contribution in [3.63, 3.8) is 0 Å². The van der Waals surface area contributed by atoms with Crippen molar-refractivity contribution in [1.29, 1.82) is 5.26 Å². The Balaban J connectivity index is 1.70. The van der Waals surface area contributed by atoms with Crippen LogP contribution in [0.4, 0.5) is 17.3 Å². The summed E-state index contributed by atoms with van der Waals surface area (Å²) >= 11 is 1.36. The van der Waals surface area contributed by atoms with Crippen LogP contribution in [0.15, 0.2) is 53.9 Å². The maximum Gasteiger partial charge on any atom is 0.266 e. The minimum Gasteiger partial charge on any atom is -0.338 e. The van der Waals surface area contributed by atoms with E-state index in [2.05, 4.69) is 26.9 Å². The molecule has 0 spiro atoms. The van der Waals surface area contributed by atoms with Crippen molar-refractivity contribution < 1.29 is 4.79 Å². The molecule has 6 nitrogen and oxygen atoms in total. The number of para-hydroxylation sites is 1. The van der Waals surface area contributed by atoms with Crippen LogP contribution in [0.25, 0.3) is 0 Å². The number of nitrogens with one attached hydrogen (secondary N) is 2. The number of aromatic nitrogens is 2. The average molecular weight is 321 g/mol. The molecule has 1 amide bonds. The molecular formula is C16H11N5OS. The molecule has 0 aliphatic rings. The highest BCUT2D eigenvalue weighted by molar-refractivity contribution is 7.12. The molecule has 7 heteroatoms. The van der Waals surface area contributed by atoms with E-state index in [1.165, 1.54) is 11.3 Å². The van der Waals surface area contributed by atoms with Gasteiger partial charge in [0.05, 0.1) is 16.1 Å². The number of amides is 1. The van der Waals surface area contributed by atoms with Gasteiger partial charge in [-0.1, -0.05) is 18.2 Å². The fourth-order valence-electron chi connectivity index (χ4n) is 1.88. The van der Waals surface area contributed by atoms with Crippen LogP contribution in [-0.2, 0) is 0 Å². The lowest BCUT2D eigenvalue weighted by molar-refractivity contribution is 0.103. The predicted molar refractivity (Wildman–Crippen MR) is 88.7 cm³/mol. The number of carbonyl (C=O) groups excluding carboxylic acids is 1. The molecule has 2 aromatic heterocycles. The van der Waals surface area contributed by atoms with Gasteiger partial charge in [-0.25, -0.2) is 0 Å². The van der Waals surface area contributed by atoms with Crippen LogP contribution in [0.5, 0.6) is 0 Å². The molecule has 0 fully saturated rings. The third-order valence-electron chi connectivity index (χ3n) is 2.96. The van der Waals surface area contributed by atoms with E-state index in [1.54, 1.807) is 36.4 Å². The van der Waals surface area contributed by atoms with E-state index in [4.69, 9.17) is 5.26 Å². The Morgan fingerprint density at radius 2 is 1.83 bits per heavy atom. The van der Waals surface area contributed by atoms with E-state index in [-0.39, 0.29) is 5.91 Å². The summed E-state index contributed by atoms with van der Waals surface area (Å²) in [5, 5.41) is 24.6. The summed E-state index contributed by atoms with van der Waals surface area (Å²) in [5.41, 5.74) is 1.17. The van der Waals surface area contributed by atoms with Gasteiger partial charge in [0.25, 0.3) is 5.91 Å². The second-order valence-electron chi connectivity index (χ2n) is 4.52. The van der Waals surface area contributed by atoms with Crippen molar-refractivity contribution >= 4 is 34.6 Å². The lowest BCUT2D eigenvalue weighted by atomic mass is 10.2. The molecule has 112 valence electrons. The fraction of sp³-hybridized carbons (Fsp3) is 0. The lowest BCUT2D eigenvalue weighted by Crippen LogP contribution is -2.12. The van der Waals surface area contributed by atoms with Gasteiger partial charge in [0, 0.05) is 0 Å². The minimum absolute atomic E-state index is 0.218. The van der Waals surface area contributed by atoms with Crippen molar-refractivity contribution in [1.82, 2.24) is 10.2 Å². The van der Waals surface area contributed by atoms with E-state index in [0.717, 1.165) is 0 Å². The Bertz CT molecular complexity index is 853. The molecule has 0 unspecified atom stereocenters. The third-order valence-corrected chi connectivity index (χ3v) is 3.83. The maximum absolute atomic E-state index is 11.9. The number of anilines is 3. The first-order valence-electron chi connectivity index (χ1n) is 6.71. The second-order valence-corrected chi connectivity index (χ2v) is 5.47. The van der Waals surface area contributed by atoms with Crippen LogP contribution in [0.3, 0.4) is 0 Å². The number of nitrogens with zero attached hydrogens (tertiary/aromatic N) is 3. The molecule has 0 aliphatic carbocycles. The monoisotopic (exact) mass is 321 g/mol. The molecule has 23 heavy (non-hydrogen) atoms. The summed E-state index contributed by atoms with van der Waals surface area (Å²) in [6.45, 7) is 0. The van der Waals surface area contributed by atoms with Gasteiger partial charge in [0.1, 0.15) is 6.07 Å². The first kappa shape index (κ1) is 14.7. The molecule has 0 atom stereocenters. The highest BCUT2D eigenvalue weighted by Gasteiger charge is 2.08. The summed E-state index contributed by atoms with van der Waals surface area (Å²) in [6, 6.07) is 16.1. The van der Waals surface area contributed by atoms with E-state index in [9.17, 15) is 4.79 Å². The molecule has 3 aromatic rings. The highest BCUT2D eigenvalue weighted by atomic mass is 32.1. The van der Waals surface area contributed by atoms with Gasteiger partial charge in [-0.2, -0.15) is 5.26 Å². The molecule has 0 radical (unpaired) electrons. The summed E-state index contributed by atoms with van der Waals surface area (Å²) < 4.78 is 0. The quantitative estimate of drug-likeness (QED) is 0.768. The van der Waals surface area contributed by atoms with Gasteiger partial charge in [-0.05, 0) is 35.7 Å². The molecule has 2 heterocycles. The van der Waals surface area contributed by atoms with Crippen molar-refractivity contribution in [3.8, 4) is 6.07 Å². The third kappa shape index (κ3) is 3.51. The molecule has 2 N–H and O–H groups in total. The summed E-state index contributed by atoms with van der Waals surface area (Å²) in [7, 11) is 0. The topological polar surface area (TPSA) is 90.7 Å². The van der Waals surface area contributed by atoms with Crippen LogP contribution < -0.4 is 10.6 Å². The Kier molecular flexibility index (Phi) is 4.27. The Morgan fingerprint density at radius 3 is 2.52 bits per heavy atom. The standard InChI is InChI=1S/C16H11N5OS/c17-10-11-4-1-2-5-12(11)18-14-7-8-15(21-20-14)19-16(22)13-6-3-9-23-13/h1-9H,(H,18,20)(H,19,21,22). The largest absolute Gasteiger partial charge is 0.338 e. The molecule has 0 bridgehead atoms. The Labute approximate surface area is 136 Å². The SMILES string of the molecule is N#Cc1ccccc1Nc1ccc(NC(=O)c2cccs2)nn1. The summed E-state index contributed by atoms with van der Waals surface area (Å²) in [4.78, 5) is 12.5. The van der Waals surface area contributed by atoms with Crippen LogP contribution in [0.2, 0.25) is 0 Å². The van der Waals surface area contributed by atoms with Gasteiger partial charge in [0.15, 0.2) is 11.6 Å². The van der Waals surface area contributed by atoms with Gasteiger partial charge in [-0.15, -0.1) is 21.5 Å². The molecule has 1 aromatic carbocycles.